The van der Waals surface area contributed by atoms with Gasteiger partial charge in [-0.05, 0) is 18.8 Å². The van der Waals surface area contributed by atoms with Crippen molar-refractivity contribution < 1.29 is 19.7 Å². The zero-order valence-corrected chi connectivity index (χ0v) is 9.48. The van der Waals surface area contributed by atoms with Crippen molar-refractivity contribution in [3.8, 4) is 0 Å². The first kappa shape index (κ1) is 12.0. The van der Waals surface area contributed by atoms with Crippen LogP contribution in [-0.4, -0.2) is 51.0 Å². The summed E-state index contributed by atoms with van der Waals surface area (Å²) in [7, 11) is 1.27. The Morgan fingerprint density at radius 3 is 3.00 bits per heavy atom. The Labute approximate surface area is 98.0 Å². The van der Waals surface area contributed by atoms with Gasteiger partial charge in [-0.1, -0.05) is 5.21 Å². The van der Waals surface area contributed by atoms with Crippen LogP contribution < -0.4 is 0 Å². The molecule has 0 bridgehead atoms. The number of aromatic nitrogens is 3. The van der Waals surface area contributed by atoms with Crippen molar-refractivity contribution in [2.24, 2.45) is 5.92 Å². The van der Waals surface area contributed by atoms with Gasteiger partial charge in [-0.2, -0.15) is 0 Å². The number of ether oxygens (including phenoxy) is 1. The fourth-order valence-corrected chi connectivity index (χ4v) is 2.16. The smallest absolute Gasteiger partial charge is 0.360 e. The van der Waals surface area contributed by atoms with Gasteiger partial charge < -0.3 is 14.9 Å². The molecule has 1 aliphatic rings. The monoisotopic (exact) mass is 241 g/mol. The lowest BCUT2D eigenvalue weighted by atomic mass is 10.1. The number of carbonyl (C=O) groups is 1. The van der Waals surface area contributed by atoms with Crippen LogP contribution in [0.2, 0.25) is 0 Å². The zero-order chi connectivity index (χ0) is 12.4. The van der Waals surface area contributed by atoms with E-state index in [9.17, 15) is 9.90 Å². The van der Waals surface area contributed by atoms with Gasteiger partial charge in [-0.3, -0.25) is 0 Å². The molecule has 7 nitrogen and oxygen atoms in total. The van der Waals surface area contributed by atoms with Crippen LogP contribution in [0.1, 0.15) is 29.4 Å². The molecule has 1 aliphatic carbocycles. The standard InChI is InChI=1S/C10H15N3O4/c1-17-10(16)7-4-13(12-11-7)8-2-6(5-14)3-9(8)15/h4,6,8-9,14-15H,2-3,5H2,1H3/t6-,8+,9+/m0/s1. The lowest BCUT2D eigenvalue weighted by Crippen LogP contribution is -2.18. The lowest BCUT2D eigenvalue weighted by molar-refractivity contribution is 0.0593. The molecule has 17 heavy (non-hydrogen) atoms. The van der Waals surface area contributed by atoms with E-state index < -0.39 is 12.1 Å². The Balaban J connectivity index is 2.12. The highest BCUT2D eigenvalue weighted by atomic mass is 16.5. The molecule has 1 aromatic rings. The molecule has 1 aromatic heterocycles. The number of hydrogen-bond acceptors (Lipinski definition) is 6. The van der Waals surface area contributed by atoms with E-state index in [2.05, 4.69) is 15.0 Å². The van der Waals surface area contributed by atoms with Gasteiger partial charge in [0.25, 0.3) is 0 Å². The molecule has 0 spiro atoms. The number of carbonyl (C=O) groups excluding carboxylic acids is 1. The normalized spacial score (nSPS) is 28.3. The molecule has 0 aliphatic heterocycles. The maximum absolute atomic E-state index is 11.2. The van der Waals surface area contributed by atoms with Gasteiger partial charge in [0.15, 0.2) is 5.69 Å². The second kappa shape index (κ2) is 4.80. The zero-order valence-electron chi connectivity index (χ0n) is 9.48. The van der Waals surface area contributed by atoms with E-state index in [1.807, 2.05) is 0 Å². The van der Waals surface area contributed by atoms with Gasteiger partial charge in [0.05, 0.1) is 25.5 Å². The van der Waals surface area contributed by atoms with E-state index in [-0.39, 0.29) is 24.3 Å². The first-order chi connectivity index (χ1) is 8.15. The fourth-order valence-electron chi connectivity index (χ4n) is 2.16. The van der Waals surface area contributed by atoms with Crippen LogP contribution in [0, 0.1) is 5.92 Å². The third kappa shape index (κ3) is 2.29. The SMILES string of the molecule is COC(=O)c1cn([C@@H]2C[C@H](CO)C[C@H]2O)nn1. The summed E-state index contributed by atoms with van der Waals surface area (Å²) in [6.45, 7) is 0.0477. The lowest BCUT2D eigenvalue weighted by Gasteiger charge is -2.13. The van der Waals surface area contributed by atoms with Crippen molar-refractivity contribution in [3.63, 3.8) is 0 Å². The van der Waals surface area contributed by atoms with E-state index in [0.717, 1.165) is 0 Å². The molecular formula is C10H15N3O4. The Hall–Kier alpha value is -1.47. The molecule has 0 saturated heterocycles. The fraction of sp³-hybridized carbons (Fsp3) is 0.700. The van der Waals surface area contributed by atoms with Crippen LogP contribution in [0.25, 0.3) is 0 Å². The molecule has 0 aromatic carbocycles. The number of esters is 1. The van der Waals surface area contributed by atoms with Gasteiger partial charge >= 0.3 is 5.97 Å². The molecule has 3 atom stereocenters. The number of hydrogen-bond donors (Lipinski definition) is 2. The van der Waals surface area contributed by atoms with Crippen LogP contribution in [0.4, 0.5) is 0 Å². The highest BCUT2D eigenvalue weighted by molar-refractivity contribution is 5.86. The average Bonchev–Trinajstić information content (AvgIpc) is 2.94. The van der Waals surface area contributed by atoms with Crippen molar-refractivity contribution in [1.82, 2.24) is 15.0 Å². The minimum absolute atomic E-state index is 0.0477. The maximum atomic E-state index is 11.2. The van der Waals surface area contributed by atoms with Gasteiger partial charge in [0.1, 0.15) is 0 Å². The Morgan fingerprint density at radius 1 is 1.65 bits per heavy atom. The second-order valence-electron chi connectivity index (χ2n) is 4.23. The largest absolute Gasteiger partial charge is 0.464 e. The summed E-state index contributed by atoms with van der Waals surface area (Å²) in [5, 5.41) is 26.4. The van der Waals surface area contributed by atoms with E-state index in [0.29, 0.717) is 12.8 Å². The molecule has 0 radical (unpaired) electrons. The average molecular weight is 241 g/mol. The van der Waals surface area contributed by atoms with Gasteiger partial charge in [0, 0.05) is 6.61 Å². The second-order valence-corrected chi connectivity index (χ2v) is 4.23. The maximum Gasteiger partial charge on any atom is 0.360 e. The van der Waals surface area contributed by atoms with Crippen LogP contribution in [0.5, 0.6) is 0 Å². The molecule has 0 unspecified atom stereocenters. The predicted molar refractivity (Wildman–Crippen MR) is 56.2 cm³/mol. The van der Waals surface area contributed by atoms with Crippen LogP contribution in [0.15, 0.2) is 6.20 Å². The Bertz CT molecular complexity index is 406. The highest BCUT2D eigenvalue weighted by Gasteiger charge is 2.34. The number of aliphatic hydroxyl groups is 2. The molecule has 7 heteroatoms. The van der Waals surface area contributed by atoms with E-state index in [1.165, 1.54) is 18.0 Å². The van der Waals surface area contributed by atoms with Crippen molar-refractivity contribution >= 4 is 5.97 Å². The van der Waals surface area contributed by atoms with Crippen molar-refractivity contribution in [2.45, 2.75) is 25.0 Å². The summed E-state index contributed by atoms with van der Waals surface area (Å²) in [6.07, 6.45) is 2.05. The Kier molecular flexibility index (Phi) is 3.39. The van der Waals surface area contributed by atoms with Crippen molar-refractivity contribution in [2.75, 3.05) is 13.7 Å². The molecule has 0 amide bonds. The van der Waals surface area contributed by atoms with E-state index in [1.54, 1.807) is 0 Å². The first-order valence-electron chi connectivity index (χ1n) is 5.44. The third-order valence-electron chi connectivity index (χ3n) is 3.10. The van der Waals surface area contributed by atoms with Crippen LogP contribution >= 0.6 is 0 Å². The minimum Gasteiger partial charge on any atom is -0.464 e. The minimum atomic E-state index is -0.570. The van der Waals surface area contributed by atoms with Crippen molar-refractivity contribution in [3.05, 3.63) is 11.9 Å². The summed E-state index contributed by atoms with van der Waals surface area (Å²) in [4.78, 5) is 11.2. The van der Waals surface area contributed by atoms with Crippen LogP contribution in [-0.2, 0) is 4.74 Å². The van der Waals surface area contributed by atoms with Gasteiger partial charge in [-0.25, -0.2) is 9.48 Å². The predicted octanol–water partition coefficient (Wildman–Crippen LogP) is -0.631. The summed E-state index contributed by atoms with van der Waals surface area (Å²) in [6, 6.07) is -0.238. The number of nitrogens with zero attached hydrogens (tertiary/aromatic N) is 3. The van der Waals surface area contributed by atoms with Gasteiger partial charge in [0.2, 0.25) is 0 Å². The molecule has 1 saturated carbocycles. The van der Waals surface area contributed by atoms with E-state index >= 15 is 0 Å². The van der Waals surface area contributed by atoms with E-state index in [4.69, 9.17) is 5.11 Å². The number of methoxy groups -OCH3 is 1. The Morgan fingerprint density at radius 2 is 2.41 bits per heavy atom. The van der Waals surface area contributed by atoms with Crippen LogP contribution in [0.3, 0.4) is 0 Å². The highest BCUT2D eigenvalue weighted by Crippen LogP contribution is 2.34. The summed E-state index contributed by atoms with van der Waals surface area (Å²) in [5.74, 6) is -0.483. The van der Waals surface area contributed by atoms with Gasteiger partial charge in [-0.15, -0.1) is 5.10 Å². The number of rotatable bonds is 3. The first-order valence-corrected chi connectivity index (χ1v) is 5.44. The number of aliphatic hydroxyl groups excluding tert-OH is 2. The topological polar surface area (TPSA) is 97.5 Å². The summed E-state index contributed by atoms with van der Waals surface area (Å²) >= 11 is 0. The molecular weight excluding hydrogens is 226 g/mol. The quantitative estimate of drug-likeness (QED) is 0.684. The third-order valence-corrected chi connectivity index (χ3v) is 3.10. The van der Waals surface area contributed by atoms with Crippen molar-refractivity contribution in [1.29, 1.82) is 0 Å². The summed E-state index contributed by atoms with van der Waals surface area (Å²) in [5.41, 5.74) is 0.118. The molecule has 1 fully saturated rings. The molecule has 94 valence electrons. The summed E-state index contributed by atoms with van der Waals surface area (Å²) < 4.78 is 5.99. The molecule has 2 rings (SSSR count). The molecule has 1 heterocycles. The molecule has 2 N–H and O–H groups in total.